The van der Waals surface area contributed by atoms with Crippen molar-refractivity contribution in [3.05, 3.63) is 11.4 Å². The highest BCUT2D eigenvalue weighted by molar-refractivity contribution is 7.91. The van der Waals surface area contributed by atoms with E-state index >= 15 is 0 Å². The summed E-state index contributed by atoms with van der Waals surface area (Å²) in [6.07, 6.45) is -0.00352. The lowest BCUT2D eigenvalue weighted by Crippen LogP contribution is -2.60. The van der Waals surface area contributed by atoms with E-state index in [9.17, 15) is 13.5 Å². The van der Waals surface area contributed by atoms with E-state index in [0.717, 1.165) is 11.3 Å². The van der Waals surface area contributed by atoms with Crippen molar-refractivity contribution in [2.75, 3.05) is 5.73 Å². The van der Waals surface area contributed by atoms with Crippen molar-refractivity contribution in [2.24, 2.45) is 5.41 Å². The molecule has 0 aliphatic heterocycles. The van der Waals surface area contributed by atoms with Crippen molar-refractivity contribution >= 4 is 27.0 Å². The minimum atomic E-state index is -3.52. The van der Waals surface area contributed by atoms with E-state index in [1.807, 2.05) is 13.8 Å². The van der Waals surface area contributed by atoms with Crippen LogP contribution in [-0.4, -0.2) is 25.7 Å². The Kier molecular flexibility index (Phi) is 2.97. The van der Waals surface area contributed by atoms with Crippen molar-refractivity contribution < 1.29 is 13.5 Å². The number of nitrogen functional groups attached to an aromatic ring is 1. The molecule has 0 saturated heterocycles. The fraction of sp³-hybridized carbons (Fsp3) is 0.600. The van der Waals surface area contributed by atoms with E-state index in [-0.39, 0.29) is 10.3 Å². The topological polar surface area (TPSA) is 92.4 Å². The molecule has 1 aromatic rings. The number of anilines is 1. The molecule has 0 radical (unpaired) electrons. The third-order valence-electron chi connectivity index (χ3n) is 3.37. The molecule has 0 amide bonds. The van der Waals surface area contributed by atoms with Crippen LogP contribution in [0.5, 0.6) is 0 Å². The van der Waals surface area contributed by atoms with E-state index in [2.05, 4.69) is 4.72 Å². The molecule has 0 spiro atoms. The molecule has 5 nitrogen and oxygen atoms in total. The zero-order valence-corrected chi connectivity index (χ0v) is 11.3. The Bertz CT molecular complexity index is 521. The summed E-state index contributed by atoms with van der Waals surface area (Å²) in [5, 5.41) is 11.2. The second kappa shape index (κ2) is 3.94. The molecule has 17 heavy (non-hydrogen) atoms. The van der Waals surface area contributed by atoms with E-state index in [1.165, 1.54) is 6.07 Å². The lowest BCUT2D eigenvalue weighted by Gasteiger charge is -2.49. The fourth-order valence-corrected chi connectivity index (χ4v) is 4.32. The number of rotatable bonds is 3. The van der Waals surface area contributed by atoms with Crippen LogP contribution in [-0.2, 0) is 10.0 Å². The first-order valence-electron chi connectivity index (χ1n) is 5.28. The Morgan fingerprint density at radius 3 is 2.65 bits per heavy atom. The molecule has 1 fully saturated rings. The summed E-state index contributed by atoms with van der Waals surface area (Å²) in [6, 6.07) is 1.21. The van der Waals surface area contributed by atoms with Gasteiger partial charge in [0.15, 0.2) is 0 Å². The maximum atomic E-state index is 12.0. The Labute approximate surface area is 105 Å². The molecule has 1 aliphatic rings. The number of aliphatic hydroxyl groups excluding tert-OH is 1. The molecule has 1 aromatic heterocycles. The lowest BCUT2D eigenvalue weighted by molar-refractivity contribution is -0.0645. The maximum absolute atomic E-state index is 12.0. The number of nitrogens with one attached hydrogen (secondary N) is 1. The zero-order valence-electron chi connectivity index (χ0n) is 9.67. The highest BCUT2D eigenvalue weighted by Crippen LogP contribution is 2.41. The molecule has 1 aliphatic carbocycles. The van der Waals surface area contributed by atoms with Gasteiger partial charge < -0.3 is 10.8 Å². The lowest BCUT2D eigenvalue weighted by atomic mass is 9.65. The third kappa shape index (κ3) is 2.20. The standard InChI is InChI=1S/C10H16N2O3S2/c1-10(2)7(4-8(10)13)12-17(14,15)9-3-6(11)5-16-9/h3,5,7-8,12-13H,4,11H2,1-2H3. The average Bonchev–Trinajstić information content (AvgIpc) is 2.65. The molecule has 4 N–H and O–H groups in total. The van der Waals surface area contributed by atoms with Crippen LogP contribution >= 0.6 is 11.3 Å². The van der Waals surface area contributed by atoms with Gasteiger partial charge in [-0.05, 0) is 12.5 Å². The molecule has 1 saturated carbocycles. The Morgan fingerprint density at radius 1 is 1.59 bits per heavy atom. The molecule has 1 heterocycles. The molecule has 0 bridgehead atoms. The molecule has 7 heteroatoms. The first-order chi connectivity index (χ1) is 7.73. The number of hydrogen-bond acceptors (Lipinski definition) is 5. The van der Waals surface area contributed by atoms with Crippen LogP contribution in [0.1, 0.15) is 20.3 Å². The number of hydrogen-bond donors (Lipinski definition) is 3. The van der Waals surface area contributed by atoms with E-state index in [4.69, 9.17) is 5.73 Å². The molecule has 2 unspecified atom stereocenters. The van der Waals surface area contributed by atoms with Gasteiger partial charge in [0.1, 0.15) is 4.21 Å². The van der Waals surface area contributed by atoms with Crippen LogP contribution in [0.25, 0.3) is 0 Å². The number of nitrogens with two attached hydrogens (primary N) is 1. The summed E-state index contributed by atoms with van der Waals surface area (Å²) < 4.78 is 26.8. The first-order valence-corrected chi connectivity index (χ1v) is 7.64. The first kappa shape index (κ1) is 12.8. The highest BCUT2D eigenvalue weighted by Gasteiger charge is 2.49. The van der Waals surface area contributed by atoms with Gasteiger partial charge in [-0.3, -0.25) is 0 Å². The van der Waals surface area contributed by atoms with Crippen LogP contribution < -0.4 is 10.5 Å². The highest BCUT2D eigenvalue weighted by atomic mass is 32.2. The fourth-order valence-electron chi connectivity index (χ4n) is 1.82. The van der Waals surface area contributed by atoms with E-state index in [0.29, 0.717) is 12.1 Å². The Balaban J connectivity index is 2.15. The molecular formula is C10H16N2O3S2. The van der Waals surface area contributed by atoms with Crippen molar-refractivity contribution in [3.63, 3.8) is 0 Å². The van der Waals surface area contributed by atoms with Crippen molar-refractivity contribution in [1.82, 2.24) is 4.72 Å². The Morgan fingerprint density at radius 2 is 2.24 bits per heavy atom. The van der Waals surface area contributed by atoms with Gasteiger partial charge in [-0.2, -0.15) is 0 Å². The van der Waals surface area contributed by atoms with Crippen LogP contribution in [0.2, 0.25) is 0 Å². The number of sulfonamides is 1. The molecule has 96 valence electrons. The molecule has 2 atom stereocenters. The monoisotopic (exact) mass is 276 g/mol. The smallest absolute Gasteiger partial charge is 0.250 e. The summed E-state index contributed by atoms with van der Waals surface area (Å²) in [7, 11) is -3.52. The summed E-state index contributed by atoms with van der Waals surface area (Å²) in [6.45, 7) is 3.69. The van der Waals surface area contributed by atoms with Crippen LogP contribution in [0.3, 0.4) is 0 Å². The van der Waals surface area contributed by atoms with Gasteiger partial charge >= 0.3 is 0 Å². The van der Waals surface area contributed by atoms with Gasteiger partial charge in [-0.15, -0.1) is 11.3 Å². The quantitative estimate of drug-likeness (QED) is 0.760. The predicted octanol–water partition coefficient (Wildman–Crippen LogP) is 0.768. The normalized spacial score (nSPS) is 27.7. The predicted molar refractivity (Wildman–Crippen MR) is 67.2 cm³/mol. The molecule has 2 rings (SSSR count). The van der Waals surface area contributed by atoms with Crippen LogP contribution in [0, 0.1) is 5.41 Å². The second-order valence-electron chi connectivity index (χ2n) is 4.95. The SMILES string of the molecule is CC1(C)C(O)CC1NS(=O)(=O)c1cc(N)cs1. The van der Waals surface area contributed by atoms with Gasteiger partial charge in [0.25, 0.3) is 0 Å². The Hall–Kier alpha value is -0.630. The van der Waals surface area contributed by atoms with Gasteiger partial charge in [0, 0.05) is 22.5 Å². The summed E-state index contributed by atoms with van der Waals surface area (Å²) >= 11 is 1.10. The molecule has 0 aromatic carbocycles. The van der Waals surface area contributed by atoms with E-state index < -0.39 is 21.5 Å². The van der Waals surface area contributed by atoms with Gasteiger partial charge in [-0.1, -0.05) is 13.8 Å². The van der Waals surface area contributed by atoms with Crippen molar-refractivity contribution in [1.29, 1.82) is 0 Å². The average molecular weight is 276 g/mol. The number of thiophene rings is 1. The van der Waals surface area contributed by atoms with Crippen molar-refractivity contribution in [2.45, 2.75) is 36.6 Å². The second-order valence-corrected chi connectivity index (χ2v) is 7.80. The molecular weight excluding hydrogens is 260 g/mol. The maximum Gasteiger partial charge on any atom is 0.250 e. The van der Waals surface area contributed by atoms with Gasteiger partial charge in [-0.25, -0.2) is 13.1 Å². The zero-order chi connectivity index (χ0) is 12.8. The minimum Gasteiger partial charge on any atom is -0.398 e. The minimum absolute atomic E-state index is 0.215. The van der Waals surface area contributed by atoms with E-state index in [1.54, 1.807) is 5.38 Å². The van der Waals surface area contributed by atoms with Crippen molar-refractivity contribution in [3.8, 4) is 0 Å². The summed E-state index contributed by atoms with van der Waals surface area (Å²) in [5.74, 6) is 0. The summed E-state index contributed by atoms with van der Waals surface area (Å²) in [5.41, 5.74) is 5.53. The number of aliphatic hydroxyl groups is 1. The van der Waals surface area contributed by atoms with Gasteiger partial charge in [0.2, 0.25) is 10.0 Å². The largest absolute Gasteiger partial charge is 0.398 e. The summed E-state index contributed by atoms with van der Waals surface area (Å²) in [4.78, 5) is 0. The van der Waals surface area contributed by atoms with Gasteiger partial charge in [0.05, 0.1) is 6.10 Å². The van der Waals surface area contributed by atoms with Crippen LogP contribution in [0.15, 0.2) is 15.7 Å². The van der Waals surface area contributed by atoms with Crippen LogP contribution in [0.4, 0.5) is 5.69 Å². The third-order valence-corrected chi connectivity index (χ3v) is 6.30.